The van der Waals surface area contributed by atoms with Gasteiger partial charge in [0.1, 0.15) is 5.75 Å². The van der Waals surface area contributed by atoms with Crippen LogP contribution in [-0.4, -0.2) is 12.9 Å². The van der Waals surface area contributed by atoms with Crippen molar-refractivity contribution in [2.24, 2.45) is 0 Å². The van der Waals surface area contributed by atoms with Crippen LogP contribution in [0.5, 0.6) is 5.75 Å². The monoisotopic (exact) mass is 379 g/mol. The highest BCUT2D eigenvalue weighted by Crippen LogP contribution is 2.27. The molecule has 4 heteroatoms. The lowest BCUT2D eigenvalue weighted by Crippen LogP contribution is -2.16. The molecule has 1 N–H and O–H groups in total. The molecule has 0 aromatic heterocycles. The van der Waals surface area contributed by atoms with E-state index in [2.05, 4.69) is 5.32 Å². The van der Waals surface area contributed by atoms with Crippen molar-refractivity contribution in [1.82, 2.24) is 0 Å². The van der Waals surface area contributed by atoms with Gasteiger partial charge in [0.05, 0.1) is 13.2 Å². The van der Waals surface area contributed by atoms with Crippen molar-refractivity contribution in [3.05, 3.63) is 94.5 Å². The number of halogens is 1. The van der Waals surface area contributed by atoms with Crippen molar-refractivity contribution in [1.29, 1.82) is 0 Å². The SMILES string of the molecule is COc1ccc(C(=O)C[C@@H](Nc2ccc(C)c(Cl)c2)c2ccccc2)cc1. The fourth-order valence-electron chi connectivity index (χ4n) is 2.90. The number of benzene rings is 3. The third-order valence-electron chi connectivity index (χ3n) is 4.52. The van der Waals surface area contributed by atoms with Crippen LogP contribution in [0.25, 0.3) is 0 Å². The van der Waals surface area contributed by atoms with E-state index in [4.69, 9.17) is 16.3 Å². The zero-order valence-electron chi connectivity index (χ0n) is 15.4. The summed E-state index contributed by atoms with van der Waals surface area (Å²) in [6.45, 7) is 1.97. The maximum Gasteiger partial charge on any atom is 0.165 e. The molecule has 0 amide bonds. The standard InChI is InChI=1S/C23H22ClNO2/c1-16-8-11-19(14-21(16)24)25-22(17-6-4-3-5-7-17)15-23(26)18-9-12-20(27-2)13-10-18/h3-14,22,25H,15H2,1-2H3/t22-/m1/s1. The highest BCUT2D eigenvalue weighted by Gasteiger charge is 2.17. The number of carbonyl (C=O) groups excluding carboxylic acids is 1. The second-order valence-corrected chi connectivity index (χ2v) is 6.83. The summed E-state index contributed by atoms with van der Waals surface area (Å²) in [6.07, 6.45) is 0.335. The lowest BCUT2D eigenvalue weighted by atomic mass is 9.97. The number of hydrogen-bond donors (Lipinski definition) is 1. The Labute approximate surface area is 164 Å². The Morgan fingerprint density at radius 2 is 1.74 bits per heavy atom. The van der Waals surface area contributed by atoms with Gasteiger partial charge >= 0.3 is 0 Å². The number of hydrogen-bond acceptors (Lipinski definition) is 3. The Hall–Kier alpha value is -2.78. The highest BCUT2D eigenvalue weighted by molar-refractivity contribution is 6.31. The number of ether oxygens (including phenoxy) is 1. The van der Waals surface area contributed by atoms with E-state index in [1.807, 2.05) is 55.5 Å². The summed E-state index contributed by atoms with van der Waals surface area (Å²) in [4.78, 5) is 12.8. The summed E-state index contributed by atoms with van der Waals surface area (Å²) in [5.74, 6) is 0.802. The molecule has 0 saturated carbocycles. The predicted octanol–water partition coefficient (Wildman–Crippen LogP) is 6.08. The molecule has 0 saturated heterocycles. The molecule has 138 valence electrons. The number of methoxy groups -OCH3 is 1. The van der Waals surface area contributed by atoms with Crippen LogP contribution in [0.3, 0.4) is 0 Å². The molecule has 3 aromatic rings. The Morgan fingerprint density at radius 1 is 1.04 bits per heavy atom. The summed E-state index contributed by atoms with van der Waals surface area (Å²) in [6, 6.07) is 22.9. The van der Waals surface area contributed by atoms with Gasteiger partial charge in [-0.2, -0.15) is 0 Å². The molecule has 0 fully saturated rings. The Kier molecular flexibility index (Phi) is 6.15. The largest absolute Gasteiger partial charge is 0.497 e. The minimum Gasteiger partial charge on any atom is -0.497 e. The maximum absolute atomic E-state index is 12.8. The molecule has 3 rings (SSSR count). The van der Waals surface area contributed by atoms with Crippen LogP contribution in [0, 0.1) is 6.92 Å². The van der Waals surface area contributed by atoms with Gasteiger partial charge in [-0.3, -0.25) is 4.79 Å². The van der Waals surface area contributed by atoms with Gasteiger partial charge < -0.3 is 10.1 Å². The molecule has 0 aliphatic carbocycles. The minimum atomic E-state index is -0.153. The number of ketones is 1. The molecule has 3 aromatic carbocycles. The molecule has 0 unspecified atom stereocenters. The van der Waals surface area contributed by atoms with Crippen molar-refractivity contribution in [3.63, 3.8) is 0 Å². The molecule has 0 aliphatic heterocycles. The summed E-state index contributed by atoms with van der Waals surface area (Å²) in [7, 11) is 1.61. The maximum atomic E-state index is 12.8. The number of anilines is 1. The van der Waals surface area contributed by atoms with E-state index in [-0.39, 0.29) is 11.8 Å². The molecule has 1 atom stereocenters. The number of Topliss-reactive ketones (excluding diaryl/α,β-unsaturated/α-hetero) is 1. The quantitative estimate of drug-likeness (QED) is 0.505. The Balaban J connectivity index is 1.83. The third-order valence-corrected chi connectivity index (χ3v) is 4.92. The zero-order valence-corrected chi connectivity index (χ0v) is 16.2. The fraction of sp³-hybridized carbons (Fsp3) is 0.174. The lowest BCUT2D eigenvalue weighted by molar-refractivity contribution is 0.0976. The van der Waals surface area contributed by atoms with E-state index >= 15 is 0 Å². The van der Waals surface area contributed by atoms with Crippen LogP contribution < -0.4 is 10.1 Å². The van der Waals surface area contributed by atoms with Crippen LogP contribution in [0.2, 0.25) is 5.02 Å². The third kappa shape index (κ3) is 4.89. The first kappa shape index (κ1) is 19.0. The number of nitrogens with one attached hydrogen (secondary N) is 1. The summed E-state index contributed by atoms with van der Waals surface area (Å²) in [5.41, 5.74) is 3.63. The zero-order chi connectivity index (χ0) is 19.2. The van der Waals surface area contributed by atoms with E-state index in [1.54, 1.807) is 31.4 Å². The molecule has 0 bridgehead atoms. The van der Waals surface area contributed by atoms with Crippen molar-refractivity contribution in [2.45, 2.75) is 19.4 Å². The van der Waals surface area contributed by atoms with Crippen LogP contribution in [0.15, 0.2) is 72.8 Å². The van der Waals surface area contributed by atoms with Crippen LogP contribution in [0.1, 0.15) is 33.9 Å². The fourth-order valence-corrected chi connectivity index (χ4v) is 3.08. The van der Waals surface area contributed by atoms with Gasteiger partial charge in [-0.1, -0.05) is 48.0 Å². The molecule has 0 aliphatic rings. The van der Waals surface area contributed by atoms with Crippen molar-refractivity contribution in [2.75, 3.05) is 12.4 Å². The second-order valence-electron chi connectivity index (χ2n) is 6.43. The van der Waals surface area contributed by atoms with Gasteiger partial charge in [0.25, 0.3) is 0 Å². The smallest absolute Gasteiger partial charge is 0.165 e. The minimum absolute atomic E-state index is 0.0669. The van der Waals surface area contributed by atoms with Gasteiger partial charge in [0.15, 0.2) is 5.78 Å². The second kappa shape index (κ2) is 8.74. The van der Waals surface area contributed by atoms with Gasteiger partial charge in [-0.15, -0.1) is 0 Å². The number of carbonyl (C=O) groups is 1. The lowest BCUT2D eigenvalue weighted by Gasteiger charge is -2.20. The highest BCUT2D eigenvalue weighted by atomic mass is 35.5. The summed E-state index contributed by atoms with van der Waals surface area (Å²) in [5, 5.41) is 4.16. The molecule has 0 radical (unpaired) electrons. The summed E-state index contributed by atoms with van der Waals surface area (Å²) >= 11 is 6.25. The van der Waals surface area contributed by atoms with Crippen molar-refractivity contribution in [3.8, 4) is 5.75 Å². The van der Waals surface area contributed by atoms with Gasteiger partial charge in [0, 0.05) is 22.7 Å². The predicted molar refractivity (Wildman–Crippen MR) is 111 cm³/mol. The summed E-state index contributed by atoms with van der Waals surface area (Å²) < 4.78 is 5.16. The normalized spacial score (nSPS) is 11.7. The first-order valence-corrected chi connectivity index (χ1v) is 9.19. The van der Waals surface area contributed by atoms with E-state index in [0.717, 1.165) is 22.6 Å². The van der Waals surface area contributed by atoms with Crippen LogP contribution in [0.4, 0.5) is 5.69 Å². The van der Waals surface area contributed by atoms with Gasteiger partial charge in [0.2, 0.25) is 0 Å². The molecular weight excluding hydrogens is 358 g/mol. The van der Waals surface area contributed by atoms with Gasteiger partial charge in [-0.25, -0.2) is 0 Å². The first-order chi connectivity index (χ1) is 13.1. The molecule has 0 heterocycles. The van der Waals surface area contributed by atoms with E-state index in [9.17, 15) is 4.79 Å². The van der Waals surface area contributed by atoms with Gasteiger partial charge in [-0.05, 0) is 54.4 Å². The average molecular weight is 380 g/mol. The van der Waals surface area contributed by atoms with E-state index in [0.29, 0.717) is 17.0 Å². The van der Waals surface area contributed by atoms with Crippen LogP contribution >= 0.6 is 11.6 Å². The molecular formula is C23H22ClNO2. The number of rotatable bonds is 7. The molecule has 3 nitrogen and oxygen atoms in total. The Morgan fingerprint density at radius 3 is 2.37 bits per heavy atom. The van der Waals surface area contributed by atoms with Crippen molar-refractivity contribution < 1.29 is 9.53 Å². The topological polar surface area (TPSA) is 38.3 Å². The molecule has 27 heavy (non-hydrogen) atoms. The Bertz CT molecular complexity index is 907. The molecule has 0 spiro atoms. The van der Waals surface area contributed by atoms with Crippen LogP contribution in [-0.2, 0) is 0 Å². The first-order valence-electron chi connectivity index (χ1n) is 8.81. The van der Waals surface area contributed by atoms with E-state index < -0.39 is 0 Å². The average Bonchev–Trinajstić information content (AvgIpc) is 2.71. The number of aryl methyl sites for hydroxylation is 1. The van der Waals surface area contributed by atoms with E-state index in [1.165, 1.54) is 0 Å². The van der Waals surface area contributed by atoms with Crippen molar-refractivity contribution >= 4 is 23.1 Å².